The molecule has 2 aromatic rings. The zero-order valence-corrected chi connectivity index (χ0v) is 17.2. The van der Waals surface area contributed by atoms with Crippen LogP contribution in [0.15, 0.2) is 53.4 Å². The van der Waals surface area contributed by atoms with Gasteiger partial charge in [-0.15, -0.1) is 0 Å². The number of ether oxygens (including phenoxy) is 1. The van der Waals surface area contributed by atoms with Crippen molar-refractivity contribution in [3.05, 3.63) is 64.6 Å². The van der Waals surface area contributed by atoms with E-state index in [-0.39, 0.29) is 10.0 Å². The van der Waals surface area contributed by atoms with Crippen molar-refractivity contribution in [1.29, 1.82) is 0 Å². The van der Waals surface area contributed by atoms with Gasteiger partial charge in [-0.05, 0) is 42.0 Å². The summed E-state index contributed by atoms with van der Waals surface area (Å²) in [7, 11) is 1.55. The van der Waals surface area contributed by atoms with Gasteiger partial charge in [0.15, 0.2) is 0 Å². The van der Waals surface area contributed by atoms with Gasteiger partial charge in [-0.3, -0.25) is 14.5 Å². The first kappa shape index (κ1) is 21.8. The number of methoxy groups -OCH3 is 1. The van der Waals surface area contributed by atoms with Crippen molar-refractivity contribution in [2.75, 3.05) is 19.0 Å². The smallest absolute Gasteiger partial charge is 0.416 e. The average Bonchev–Trinajstić information content (AvgIpc) is 2.95. The number of benzene rings is 2. The van der Waals surface area contributed by atoms with E-state index >= 15 is 0 Å². The molecule has 2 aromatic carbocycles. The number of thiocarbonyl (C=S) groups is 1. The summed E-state index contributed by atoms with van der Waals surface area (Å²) in [6.45, 7) is -0.402. The van der Waals surface area contributed by atoms with Crippen molar-refractivity contribution >= 4 is 51.9 Å². The van der Waals surface area contributed by atoms with Crippen LogP contribution in [0.4, 0.5) is 18.9 Å². The van der Waals surface area contributed by atoms with Crippen LogP contribution in [-0.4, -0.2) is 34.7 Å². The Balaban J connectivity index is 1.68. The number of amides is 2. The normalized spacial score (nSPS) is 15.6. The zero-order valence-electron chi connectivity index (χ0n) is 15.5. The van der Waals surface area contributed by atoms with Gasteiger partial charge in [0.2, 0.25) is 5.91 Å². The minimum atomic E-state index is -4.52. The summed E-state index contributed by atoms with van der Waals surface area (Å²) in [5.41, 5.74) is -0.146. The molecule has 0 aromatic heterocycles. The second-order valence-corrected chi connectivity index (χ2v) is 7.84. The van der Waals surface area contributed by atoms with Gasteiger partial charge in [-0.25, -0.2) is 0 Å². The Morgan fingerprint density at radius 3 is 2.57 bits per heavy atom. The number of thioether (sulfide) groups is 1. The predicted octanol–water partition coefficient (Wildman–Crippen LogP) is 4.55. The van der Waals surface area contributed by atoms with E-state index in [4.69, 9.17) is 17.0 Å². The van der Waals surface area contributed by atoms with Crippen molar-refractivity contribution in [1.82, 2.24) is 4.90 Å². The van der Waals surface area contributed by atoms with Crippen LogP contribution in [0, 0.1) is 0 Å². The molecule has 5 nitrogen and oxygen atoms in total. The van der Waals surface area contributed by atoms with Crippen molar-refractivity contribution in [2.45, 2.75) is 6.18 Å². The molecule has 0 spiro atoms. The van der Waals surface area contributed by atoms with E-state index in [0.29, 0.717) is 10.7 Å². The van der Waals surface area contributed by atoms with Crippen LogP contribution < -0.4 is 10.1 Å². The molecule has 10 heteroatoms. The third-order valence-corrected chi connectivity index (χ3v) is 5.44. The molecule has 1 aliphatic heterocycles. The Labute approximate surface area is 179 Å². The summed E-state index contributed by atoms with van der Waals surface area (Å²) >= 11 is 6.23. The number of anilines is 1. The Morgan fingerprint density at radius 2 is 1.93 bits per heavy atom. The lowest BCUT2D eigenvalue weighted by molar-refractivity contribution is -0.137. The van der Waals surface area contributed by atoms with Gasteiger partial charge in [0.1, 0.15) is 16.6 Å². The highest BCUT2D eigenvalue weighted by atomic mass is 32.2. The van der Waals surface area contributed by atoms with E-state index in [1.165, 1.54) is 12.1 Å². The average molecular weight is 452 g/mol. The molecule has 0 saturated carbocycles. The van der Waals surface area contributed by atoms with Crippen molar-refractivity contribution in [2.24, 2.45) is 0 Å². The fraction of sp³-hybridized carbons (Fsp3) is 0.150. The molecular formula is C20H15F3N2O3S2. The maximum absolute atomic E-state index is 12.8. The number of halogens is 3. The summed E-state index contributed by atoms with van der Waals surface area (Å²) in [6, 6.07) is 11.3. The van der Waals surface area contributed by atoms with Crippen LogP contribution in [0.5, 0.6) is 5.75 Å². The lowest BCUT2D eigenvalue weighted by Gasteiger charge is -2.15. The molecule has 2 amide bonds. The van der Waals surface area contributed by atoms with Gasteiger partial charge in [0.25, 0.3) is 5.91 Å². The van der Waals surface area contributed by atoms with Gasteiger partial charge in [-0.2, -0.15) is 13.2 Å². The molecule has 1 fully saturated rings. The highest BCUT2D eigenvalue weighted by Gasteiger charge is 2.34. The zero-order chi connectivity index (χ0) is 21.9. The summed E-state index contributed by atoms with van der Waals surface area (Å²) < 4.78 is 43.7. The second kappa shape index (κ2) is 8.88. The number of rotatable bonds is 5. The number of hydrogen-bond donors (Lipinski definition) is 1. The van der Waals surface area contributed by atoms with Gasteiger partial charge >= 0.3 is 6.18 Å². The molecule has 1 heterocycles. The third kappa shape index (κ3) is 5.19. The Morgan fingerprint density at radius 1 is 1.23 bits per heavy atom. The van der Waals surface area contributed by atoms with Gasteiger partial charge in [0.05, 0.1) is 17.6 Å². The number of carbonyl (C=O) groups excluding carboxylic acids is 2. The first-order valence-electron chi connectivity index (χ1n) is 8.54. The minimum absolute atomic E-state index is 0.0194. The first-order chi connectivity index (χ1) is 14.2. The van der Waals surface area contributed by atoms with E-state index < -0.39 is 30.1 Å². The van der Waals surface area contributed by atoms with Gasteiger partial charge in [-0.1, -0.05) is 42.2 Å². The molecule has 1 N–H and O–H groups in total. The molecule has 156 valence electrons. The lowest BCUT2D eigenvalue weighted by Crippen LogP contribution is -2.36. The van der Waals surface area contributed by atoms with Crippen LogP contribution in [-0.2, 0) is 15.8 Å². The molecule has 1 saturated heterocycles. The maximum Gasteiger partial charge on any atom is 0.416 e. The van der Waals surface area contributed by atoms with Crippen molar-refractivity contribution in [3.8, 4) is 5.75 Å². The number of carbonyl (C=O) groups is 2. The van der Waals surface area contributed by atoms with E-state index in [1.807, 2.05) is 0 Å². The van der Waals surface area contributed by atoms with Gasteiger partial charge < -0.3 is 10.1 Å². The number of nitrogens with one attached hydrogen (secondary N) is 1. The van der Waals surface area contributed by atoms with Crippen LogP contribution >= 0.6 is 24.0 Å². The summed E-state index contributed by atoms with van der Waals surface area (Å²) in [5.74, 6) is -0.428. The van der Waals surface area contributed by atoms with Crippen molar-refractivity contribution < 1.29 is 27.5 Å². The number of nitrogens with zero attached hydrogens (tertiary/aromatic N) is 1. The molecule has 30 heavy (non-hydrogen) atoms. The summed E-state index contributed by atoms with van der Waals surface area (Å²) in [6.07, 6.45) is -2.88. The molecule has 0 aliphatic carbocycles. The van der Waals surface area contributed by atoms with E-state index in [0.717, 1.165) is 34.4 Å². The van der Waals surface area contributed by atoms with E-state index in [2.05, 4.69) is 5.32 Å². The SMILES string of the molecule is COc1ccc(/C=C2\SC(=S)N(CC(=O)Nc3cccc(C(F)(F)F)c3)C2=O)cc1. The summed E-state index contributed by atoms with van der Waals surface area (Å²) in [4.78, 5) is 26.3. The monoisotopic (exact) mass is 452 g/mol. The first-order valence-corrected chi connectivity index (χ1v) is 9.76. The third-order valence-electron chi connectivity index (χ3n) is 4.06. The quantitative estimate of drug-likeness (QED) is 0.533. The van der Waals surface area contributed by atoms with Crippen LogP contribution in [0.3, 0.4) is 0 Å². The standard InChI is InChI=1S/C20H15F3N2O3S2/c1-28-15-7-5-12(6-8-15)9-16-18(27)25(19(29)30-16)11-17(26)24-14-4-2-3-13(10-14)20(21,22)23/h2-10H,11H2,1H3,(H,24,26)/b16-9-. The highest BCUT2D eigenvalue weighted by molar-refractivity contribution is 8.26. The highest BCUT2D eigenvalue weighted by Crippen LogP contribution is 2.33. The molecule has 3 rings (SSSR count). The van der Waals surface area contributed by atoms with E-state index in [9.17, 15) is 22.8 Å². The number of alkyl halides is 3. The molecule has 0 unspecified atom stereocenters. The Kier molecular flexibility index (Phi) is 6.47. The summed E-state index contributed by atoms with van der Waals surface area (Å²) in [5, 5.41) is 2.36. The molecular weight excluding hydrogens is 437 g/mol. The Bertz CT molecular complexity index is 1020. The molecule has 0 atom stereocenters. The molecule has 1 aliphatic rings. The fourth-order valence-corrected chi connectivity index (χ4v) is 3.86. The fourth-order valence-electron chi connectivity index (χ4n) is 2.61. The van der Waals surface area contributed by atoms with Crippen LogP contribution in [0.25, 0.3) is 6.08 Å². The topological polar surface area (TPSA) is 58.6 Å². The maximum atomic E-state index is 12.8. The second-order valence-electron chi connectivity index (χ2n) is 6.17. The minimum Gasteiger partial charge on any atom is -0.497 e. The van der Waals surface area contributed by atoms with Crippen molar-refractivity contribution in [3.63, 3.8) is 0 Å². The number of hydrogen-bond acceptors (Lipinski definition) is 5. The predicted molar refractivity (Wildman–Crippen MR) is 113 cm³/mol. The van der Waals surface area contributed by atoms with Crippen LogP contribution in [0.1, 0.15) is 11.1 Å². The molecule has 0 radical (unpaired) electrons. The van der Waals surface area contributed by atoms with Crippen LogP contribution in [0.2, 0.25) is 0 Å². The van der Waals surface area contributed by atoms with Gasteiger partial charge in [0, 0.05) is 5.69 Å². The Hall–Kier alpha value is -2.85. The molecule has 0 bridgehead atoms. The lowest BCUT2D eigenvalue weighted by atomic mass is 10.2. The largest absolute Gasteiger partial charge is 0.497 e. The van der Waals surface area contributed by atoms with E-state index in [1.54, 1.807) is 37.5 Å².